The van der Waals surface area contributed by atoms with Crippen LogP contribution in [0.1, 0.15) is 27.0 Å². The van der Waals surface area contributed by atoms with Gasteiger partial charge in [-0.2, -0.15) is 13.2 Å². The predicted molar refractivity (Wildman–Crippen MR) is 185 cm³/mol. The molecule has 17 heteroatoms. The van der Waals surface area contributed by atoms with Crippen molar-refractivity contribution in [3.8, 4) is 5.75 Å². The van der Waals surface area contributed by atoms with E-state index in [1.807, 2.05) is 11.8 Å². The lowest BCUT2D eigenvalue weighted by Gasteiger charge is -2.27. The minimum Gasteiger partial charge on any atom is -0.406 e. The van der Waals surface area contributed by atoms with E-state index in [2.05, 4.69) is 42.4 Å². The Morgan fingerprint density at radius 1 is 1.00 bits per heavy atom. The lowest BCUT2D eigenvalue weighted by Crippen LogP contribution is -2.36. The van der Waals surface area contributed by atoms with Crippen molar-refractivity contribution in [2.75, 3.05) is 53.8 Å². The summed E-state index contributed by atoms with van der Waals surface area (Å²) in [7, 11) is 0. The van der Waals surface area contributed by atoms with Crippen LogP contribution in [0.25, 0.3) is 0 Å². The van der Waals surface area contributed by atoms with Crippen molar-refractivity contribution in [1.29, 1.82) is 0 Å². The number of nitrogens with one attached hydrogen (secondary N) is 3. The zero-order chi connectivity index (χ0) is 37.3. The highest BCUT2D eigenvalue weighted by Gasteiger charge is 2.35. The van der Waals surface area contributed by atoms with Gasteiger partial charge in [-0.05, 0) is 73.3 Å². The smallest absolute Gasteiger partial charge is 0.406 e. The number of aliphatic imine (C=N–C) groups is 1. The van der Waals surface area contributed by atoms with E-state index in [0.29, 0.717) is 55.0 Å². The predicted octanol–water partition coefficient (Wildman–Crippen LogP) is 7.58. The summed E-state index contributed by atoms with van der Waals surface area (Å²) in [6, 6.07) is 15.3. The first-order valence-corrected chi connectivity index (χ1v) is 15.8. The van der Waals surface area contributed by atoms with Gasteiger partial charge in [0.05, 0.1) is 25.4 Å². The van der Waals surface area contributed by atoms with Crippen molar-refractivity contribution in [2.24, 2.45) is 4.99 Å². The van der Waals surface area contributed by atoms with Crippen molar-refractivity contribution >= 4 is 41.3 Å². The molecule has 1 aliphatic heterocycles. The highest BCUT2D eigenvalue weighted by molar-refractivity contribution is 6.04. The molecule has 0 aliphatic carbocycles. The molecule has 0 spiro atoms. The molecule has 11 nitrogen and oxygen atoms in total. The third-order valence-electron chi connectivity index (χ3n) is 7.77. The highest BCUT2D eigenvalue weighted by atomic mass is 19.4. The normalized spacial score (nSPS) is 13.8. The third kappa shape index (κ3) is 10.7. The van der Waals surface area contributed by atoms with Crippen molar-refractivity contribution in [3.63, 3.8) is 0 Å². The number of benzene rings is 3. The van der Waals surface area contributed by atoms with Gasteiger partial charge in [-0.25, -0.2) is 9.97 Å². The molecule has 3 aromatic carbocycles. The van der Waals surface area contributed by atoms with Gasteiger partial charge in [-0.1, -0.05) is 12.1 Å². The number of aromatic nitrogens is 2. The Morgan fingerprint density at radius 2 is 1.73 bits per heavy atom. The number of carbonyl (C=O) groups is 1. The quantitative estimate of drug-likeness (QED) is 0.0728. The van der Waals surface area contributed by atoms with Gasteiger partial charge in [0.25, 0.3) is 5.91 Å². The van der Waals surface area contributed by atoms with E-state index in [1.54, 1.807) is 35.4 Å². The maximum atomic E-state index is 14.1. The van der Waals surface area contributed by atoms with E-state index in [0.717, 1.165) is 23.8 Å². The van der Waals surface area contributed by atoms with Crippen LogP contribution in [0.4, 0.5) is 55.0 Å². The highest BCUT2D eigenvalue weighted by Crippen LogP contribution is 2.34. The summed E-state index contributed by atoms with van der Waals surface area (Å²) in [5.41, 5.74) is 1.28. The molecule has 52 heavy (non-hydrogen) atoms. The minimum absolute atomic E-state index is 0.0817. The molecule has 0 unspecified atom stereocenters. The first-order valence-electron chi connectivity index (χ1n) is 15.8. The van der Waals surface area contributed by atoms with E-state index in [9.17, 15) is 31.1 Å². The Labute approximate surface area is 295 Å². The second kappa shape index (κ2) is 16.6. The SMILES string of the molecule is C=N/C=C\N(CNc1cc(NC(=O)c2ccc(CN3CCOCC3)c(C(F)(F)F)c2)ccc1C)c1cc(Nc2ccc(OC(F)(F)F)cc2)ncn1. The fourth-order valence-electron chi connectivity index (χ4n) is 5.18. The summed E-state index contributed by atoms with van der Waals surface area (Å²) in [6.45, 7) is 7.44. The second-order valence-electron chi connectivity index (χ2n) is 11.5. The average molecular weight is 729 g/mol. The van der Waals surface area contributed by atoms with E-state index >= 15 is 0 Å². The molecule has 1 fully saturated rings. The number of carbonyl (C=O) groups excluding carboxylic acids is 1. The van der Waals surface area contributed by atoms with Crippen LogP contribution in [0.3, 0.4) is 0 Å². The number of nitrogens with zero attached hydrogens (tertiary/aromatic N) is 5. The van der Waals surface area contributed by atoms with Gasteiger partial charge in [-0.15, -0.1) is 13.2 Å². The molecule has 4 aromatic rings. The number of ether oxygens (including phenoxy) is 2. The lowest BCUT2D eigenvalue weighted by atomic mass is 10.0. The van der Waals surface area contributed by atoms with Gasteiger partial charge in [0.1, 0.15) is 23.7 Å². The number of rotatable bonds is 13. The van der Waals surface area contributed by atoms with Crippen LogP contribution < -0.4 is 25.6 Å². The number of halogens is 6. The molecular formula is C35H34F6N8O3. The molecule has 1 aliphatic rings. The summed E-state index contributed by atoms with van der Waals surface area (Å²) in [5, 5.41) is 8.94. The molecule has 2 heterocycles. The van der Waals surface area contributed by atoms with Crippen molar-refractivity contribution in [2.45, 2.75) is 26.0 Å². The maximum Gasteiger partial charge on any atom is 0.573 e. The first kappa shape index (κ1) is 37.6. The molecule has 1 aromatic heterocycles. The molecule has 1 saturated heterocycles. The van der Waals surface area contributed by atoms with E-state index in [4.69, 9.17) is 4.74 Å². The first-order chi connectivity index (χ1) is 24.8. The number of hydrogen-bond donors (Lipinski definition) is 3. The molecule has 0 radical (unpaired) electrons. The van der Waals surface area contributed by atoms with Gasteiger partial charge in [0, 0.05) is 60.7 Å². The fraction of sp³-hybridized carbons (Fsp3) is 0.257. The number of hydrogen-bond acceptors (Lipinski definition) is 10. The van der Waals surface area contributed by atoms with Crippen molar-refractivity contribution in [1.82, 2.24) is 14.9 Å². The van der Waals surface area contributed by atoms with Gasteiger partial charge in [-0.3, -0.25) is 14.7 Å². The van der Waals surface area contributed by atoms with Gasteiger partial charge in [0.2, 0.25) is 0 Å². The van der Waals surface area contributed by atoms with Crippen LogP contribution in [0, 0.1) is 6.92 Å². The standard InChI is InChI=1S/C35H34F6N8O3/c1-23-3-6-27(47-33(50)24-4-5-25(29(17-24)34(36,37)38)20-48-13-15-51-16-14-48)18-30(23)45-22-49(12-11-42-2)32-19-31(43-21-44-32)46-26-7-9-28(10-8-26)52-35(39,40)41/h3-12,17-19,21,45H,2,13-16,20,22H2,1H3,(H,47,50)(H,43,44,46)/b12-11-. The van der Waals surface area contributed by atoms with E-state index in [-0.39, 0.29) is 30.1 Å². The minimum atomic E-state index is -4.81. The average Bonchev–Trinajstić information content (AvgIpc) is 3.10. The molecule has 274 valence electrons. The number of morpholine rings is 1. The Hall–Kier alpha value is -5.68. The maximum absolute atomic E-state index is 14.1. The molecule has 0 saturated carbocycles. The molecule has 0 bridgehead atoms. The number of aryl methyl sites for hydroxylation is 1. The fourth-order valence-corrected chi connectivity index (χ4v) is 5.18. The Bertz CT molecular complexity index is 1880. The summed E-state index contributed by atoms with van der Waals surface area (Å²) in [5.74, 6) is -0.336. The van der Waals surface area contributed by atoms with Gasteiger partial charge >= 0.3 is 12.5 Å². The largest absolute Gasteiger partial charge is 0.573 e. The monoisotopic (exact) mass is 728 g/mol. The number of alkyl halides is 6. The van der Waals surface area contributed by atoms with E-state index in [1.165, 1.54) is 36.8 Å². The van der Waals surface area contributed by atoms with Gasteiger partial charge < -0.3 is 30.3 Å². The van der Waals surface area contributed by atoms with E-state index < -0.39 is 24.0 Å². The Balaban J connectivity index is 1.27. The topological polar surface area (TPSA) is 116 Å². The molecule has 3 N–H and O–H groups in total. The molecule has 1 amide bonds. The zero-order valence-electron chi connectivity index (χ0n) is 27.8. The van der Waals surface area contributed by atoms with Crippen LogP contribution in [0.2, 0.25) is 0 Å². The number of amides is 1. The third-order valence-corrected chi connectivity index (χ3v) is 7.77. The summed E-state index contributed by atoms with van der Waals surface area (Å²) in [6.07, 6.45) is -5.14. The number of anilines is 5. The Morgan fingerprint density at radius 3 is 2.42 bits per heavy atom. The summed E-state index contributed by atoms with van der Waals surface area (Å²) in [4.78, 5) is 28.9. The molecule has 5 rings (SSSR count). The van der Waals surface area contributed by atoms with Crippen molar-refractivity contribution < 1.29 is 40.6 Å². The lowest BCUT2D eigenvalue weighted by molar-refractivity contribution is -0.274. The Kier molecular flexibility index (Phi) is 12.0. The van der Waals surface area contributed by atoms with Crippen LogP contribution in [-0.2, 0) is 17.5 Å². The second-order valence-corrected chi connectivity index (χ2v) is 11.5. The summed E-state index contributed by atoms with van der Waals surface area (Å²) >= 11 is 0. The summed E-state index contributed by atoms with van der Waals surface area (Å²) < 4.78 is 88.9. The zero-order valence-corrected chi connectivity index (χ0v) is 27.8. The molecule has 0 atom stereocenters. The van der Waals surface area contributed by atoms with Crippen LogP contribution in [0.5, 0.6) is 5.75 Å². The van der Waals surface area contributed by atoms with Crippen LogP contribution >= 0.6 is 0 Å². The van der Waals surface area contributed by atoms with Crippen LogP contribution in [0.15, 0.2) is 90.4 Å². The van der Waals surface area contributed by atoms with Gasteiger partial charge in [0.15, 0.2) is 0 Å². The molecular weight excluding hydrogens is 694 g/mol. The van der Waals surface area contributed by atoms with Crippen molar-refractivity contribution in [3.05, 3.63) is 108 Å². The van der Waals surface area contributed by atoms with Crippen LogP contribution in [-0.4, -0.2) is 66.8 Å².